The molecule has 178 valence electrons. The summed E-state index contributed by atoms with van der Waals surface area (Å²) in [5.41, 5.74) is 4.53. The molecule has 1 heterocycles. The van der Waals surface area contributed by atoms with E-state index in [1.165, 1.54) is 26.4 Å². The van der Waals surface area contributed by atoms with Gasteiger partial charge >= 0.3 is 5.69 Å². The van der Waals surface area contributed by atoms with Crippen LogP contribution < -0.4 is 30.4 Å². The molecule has 0 fully saturated rings. The number of aromatic nitrogens is 2. The summed E-state index contributed by atoms with van der Waals surface area (Å²) in [4.78, 5) is 31.0. The van der Waals surface area contributed by atoms with Crippen LogP contribution >= 0.6 is 23.2 Å². The van der Waals surface area contributed by atoms with Crippen molar-refractivity contribution in [2.24, 2.45) is 0 Å². The van der Waals surface area contributed by atoms with Gasteiger partial charge in [-0.25, -0.2) is 9.97 Å². The van der Waals surface area contributed by atoms with Crippen LogP contribution in [0.2, 0.25) is 10.0 Å². The molecule has 2 aromatic carbocycles. The number of benzene rings is 2. The molecule has 0 aliphatic rings. The standard InChI is InChI=1S/C20H18Cl2N6O6/c1-32-12-4-6-16(33-2)14(8-12)25-19-18(28(30)31)20(24-10-23-19)27-26-17(29)9-34-15-5-3-11(21)7-13(15)22/h3-8,10H,9H2,1-2H3,(H,26,29)(H2,23,24,25,27). The van der Waals surface area contributed by atoms with Crippen molar-refractivity contribution in [3.8, 4) is 17.2 Å². The minimum Gasteiger partial charge on any atom is -0.497 e. The number of methoxy groups -OCH3 is 2. The van der Waals surface area contributed by atoms with E-state index >= 15 is 0 Å². The first kappa shape index (κ1) is 24.6. The van der Waals surface area contributed by atoms with Gasteiger partial charge in [0.25, 0.3) is 5.91 Å². The van der Waals surface area contributed by atoms with Gasteiger partial charge in [0, 0.05) is 11.1 Å². The summed E-state index contributed by atoms with van der Waals surface area (Å²) in [7, 11) is 2.93. The molecule has 0 atom stereocenters. The monoisotopic (exact) mass is 508 g/mol. The highest BCUT2D eigenvalue weighted by Gasteiger charge is 2.24. The molecule has 0 aliphatic heterocycles. The van der Waals surface area contributed by atoms with Gasteiger partial charge in [-0.05, 0) is 30.3 Å². The SMILES string of the molecule is COc1ccc(OC)c(Nc2ncnc(NNC(=O)COc3ccc(Cl)cc3Cl)c2[N+](=O)[O-])c1. The van der Waals surface area contributed by atoms with Gasteiger partial charge < -0.3 is 19.5 Å². The lowest BCUT2D eigenvalue weighted by Crippen LogP contribution is -2.34. The van der Waals surface area contributed by atoms with E-state index in [1.54, 1.807) is 24.3 Å². The molecule has 12 nitrogen and oxygen atoms in total. The van der Waals surface area contributed by atoms with E-state index in [9.17, 15) is 14.9 Å². The summed E-state index contributed by atoms with van der Waals surface area (Å²) in [6.07, 6.45) is 1.08. The summed E-state index contributed by atoms with van der Waals surface area (Å²) < 4.78 is 15.8. The maximum absolute atomic E-state index is 12.2. The third-order valence-corrected chi connectivity index (χ3v) is 4.77. The lowest BCUT2D eigenvalue weighted by Gasteiger charge is -2.14. The molecule has 0 bridgehead atoms. The number of hydrogen-bond donors (Lipinski definition) is 3. The molecular formula is C20H18Cl2N6O6. The molecule has 3 N–H and O–H groups in total. The van der Waals surface area contributed by atoms with E-state index < -0.39 is 23.1 Å². The zero-order valence-electron chi connectivity index (χ0n) is 17.8. The zero-order chi connectivity index (χ0) is 24.7. The Balaban J connectivity index is 1.74. The van der Waals surface area contributed by atoms with Crippen LogP contribution in [0.4, 0.5) is 23.0 Å². The topological polar surface area (TPSA) is 150 Å². The lowest BCUT2D eigenvalue weighted by molar-refractivity contribution is -0.383. The maximum atomic E-state index is 12.2. The zero-order valence-corrected chi connectivity index (χ0v) is 19.3. The number of anilines is 3. The molecule has 0 saturated carbocycles. The van der Waals surface area contributed by atoms with Crippen LogP contribution in [0.25, 0.3) is 0 Å². The van der Waals surface area contributed by atoms with E-state index in [4.69, 9.17) is 37.4 Å². The van der Waals surface area contributed by atoms with Gasteiger partial charge in [0.1, 0.15) is 23.6 Å². The van der Waals surface area contributed by atoms with Crippen LogP contribution in [-0.2, 0) is 4.79 Å². The number of rotatable bonds is 10. The van der Waals surface area contributed by atoms with Crippen LogP contribution in [0.15, 0.2) is 42.7 Å². The third-order valence-electron chi connectivity index (χ3n) is 4.24. The fourth-order valence-electron chi connectivity index (χ4n) is 2.67. The molecular weight excluding hydrogens is 491 g/mol. The van der Waals surface area contributed by atoms with Crippen molar-refractivity contribution >= 4 is 52.1 Å². The van der Waals surface area contributed by atoms with Gasteiger partial charge in [-0.1, -0.05) is 23.2 Å². The number of ether oxygens (including phenoxy) is 3. The van der Waals surface area contributed by atoms with Gasteiger partial charge in [-0.3, -0.25) is 25.8 Å². The number of halogens is 2. The molecule has 0 unspecified atom stereocenters. The van der Waals surface area contributed by atoms with Crippen molar-refractivity contribution in [3.63, 3.8) is 0 Å². The molecule has 1 aromatic heterocycles. The van der Waals surface area contributed by atoms with Gasteiger partial charge in [0.15, 0.2) is 6.61 Å². The summed E-state index contributed by atoms with van der Waals surface area (Å²) in [6, 6.07) is 9.39. The van der Waals surface area contributed by atoms with E-state index in [2.05, 4.69) is 26.1 Å². The first-order valence-electron chi connectivity index (χ1n) is 9.43. The quantitative estimate of drug-likeness (QED) is 0.271. The Labute approximate surface area is 203 Å². The van der Waals surface area contributed by atoms with E-state index in [-0.39, 0.29) is 22.4 Å². The predicted molar refractivity (Wildman–Crippen MR) is 125 cm³/mol. The number of carbonyl (C=O) groups is 1. The smallest absolute Gasteiger partial charge is 0.355 e. The Kier molecular flexibility index (Phi) is 8.11. The first-order chi connectivity index (χ1) is 16.3. The average Bonchev–Trinajstić information content (AvgIpc) is 2.82. The summed E-state index contributed by atoms with van der Waals surface area (Å²) in [5.74, 6) is 0.0755. The summed E-state index contributed by atoms with van der Waals surface area (Å²) in [5, 5.41) is 15.2. The van der Waals surface area contributed by atoms with Gasteiger partial charge in [0.2, 0.25) is 11.6 Å². The number of nitro groups is 1. The van der Waals surface area contributed by atoms with Crippen LogP contribution in [0, 0.1) is 10.1 Å². The molecule has 14 heteroatoms. The highest BCUT2D eigenvalue weighted by Crippen LogP contribution is 2.36. The van der Waals surface area contributed by atoms with Crippen LogP contribution in [0.3, 0.4) is 0 Å². The molecule has 0 saturated heterocycles. The number of nitrogens with zero attached hydrogens (tertiary/aromatic N) is 3. The fraction of sp³-hybridized carbons (Fsp3) is 0.150. The van der Waals surface area contributed by atoms with Crippen molar-refractivity contribution in [2.45, 2.75) is 0 Å². The van der Waals surface area contributed by atoms with Crippen molar-refractivity contribution in [1.29, 1.82) is 0 Å². The van der Waals surface area contributed by atoms with Gasteiger partial charge in [0.05, 0.1) is 29.9 Å². The Morgan fingerprint density at radius 1 is 1.06 bits per heavy atom. The highest BCUT2D eigenvalue weighted by molar-refractivity contribution is 6.35. The van der Waals surface area contributed by atoms with E-state index in [1.807, 2.05) is 0 Å². The number of amides is 1. The molecule has 3 rings (SSSR count). The molecule has 0 radical (unpaired) electrons. The number of hydrogen-bond acceptors (Lipinski definition) is 10. The number of hydrazine groups is 1. The van der Waals surface area contributed by atoms with Crippen molar-refractivity contribution in [1.82, 2.24) is 15.4 Å². The third kappa shape index (κ3) is 6.05. The van der Waals surface area contributed by atoms with E-state index in [0.717, 1.165) is 6.33 Å². The van der Waals surface area contributed by atoms with Crippen molar-refractivity contribution in [2.75, 3.05) is 31.6 Å². The molecule has 34 heavy (non-hydrogen) atoms. The minimum absolute atomic E-state index is 0.146. The Morgan fingerprint density at radius 3 is 2.47 bits per heavy atom. The van der Waals surface area contributed by atoms with Crippen molar-refractivity contribution < 1.29 is 23.9 Å². The van der Waals surface area contributed by atoms with E-state index in [0.29, 0.717) is 22.2 Å². The number of carbonyl (C=O) groups excluding carboxylic acids is 1. The molecule has 1 amide bonds. The van der Waals surface area contributed by atoms with Crippen molar-refractivity contribution in [3.05, 3.63) is 62.9 Å². The van der Waals surface area contributed by atoms with Gasteiger partial charge in [-0.15, -0.1) is 0 Å². The summed E-state index contributed by atoms with van der Waals surface area (Å²) >= 11 is 11.8. The highest BCUT2D eigenvalue weighted by atomic mass is 35.5. The predicted octanol–water partition coefficient (Wildman–Crippen LogP) is 3.97. The van der Waals surface area contributed by atoms with Crippen LogP contribution in [0.1, 0.15) is 0 Å². The fourth-order valence-corrected chi connectivity index (χ4v) is 3.14. The average molecular weight is 509 g/mol. The van der Waals surface area contributed by atoms with Gasteiger partial charge in [-0.2, -0.15) is 0 Å². The lowest BCUT2D eigenvalue weighted by atomic mass is 10.2. The maximum Gasteiger partial charge on any atom is 0.355 e. The Morgan fingerprint density at radius 2 is 1.79 bits per heavy atom. The Hall–Kier alpha value is -4.03. The number of nitrogens with one attached hydrogen (secondary N) is 3. The van der Waals surface area contributed by atoms with Crippen LogP contribution in [0.5, 0.6) is 17.2 Å². The molecule has 0 spiro atoms. The molecule has 3 aromatic rings. The first-order valence-corrected chi connectivity index (χ1v) is 10.2. The second-order valence-electron chi connectivity index (χ2n) is 6.40. The largest absolute Gasteiger partial charge is 0.497 e. The minimum atomic E-state index is -0.701. The second-order valence-corrected chi connectivity index (χ2v) is 7.25. The summed E-state index contributed by atoms with van der Waals surface area (Å²) in [6.45, 7) is -0.431. The molecule has 0 aliphatic carbocycles. The van der Waals surface area contributed by atoms with Crippen LogP contribution in [-0.4, -0.2) is 41.6 Å². The normalized spacial score (nSPS) is 10.2. The second kappa shape index (κ2) is 11.2. The Bertz CT molecular complexity index is 1210.